The summed E-state index contributed by atoms with van der Waals surface area (Å²) in [5.74, 6) is 0.346. The van der Waals surface area contributed by atoms with Gasteiger partial charge in [-0.05, 0) is 48.4 Å². The van der Waals surface area contributed by atoms with E-state index in [0.717, 1.165) is 10.0 Å². The van der Waals surface area contributed by atoms with E-state index >= 15 is 0 Å². The average Bonchev–Trinajstić information content (AvgIpc) is 3.40. The topological polar surface area (TPSA) is 98.7 Å². The molecule has 2 aromatic heterocycles. The van der Waals surface area contributed by atoms with Gasteiger partial charge in [-0.15, -0.1) is 5.10 Å². The van der Waals surface area contributed by atoms with E-state index in [1.807, 2.05) is 24.3 Å². The van der Waals surface area contributed by atoms with E-state index in [9.17, 15) is 9.18 Å². The molecule has 0 saturated carbocycles. The van der Waals surface area contributed by atoms with Crippen LogP contribution in [0.15, 0.2) is 57.8 Å². The maximum absolute atomic E-state index is 13.4. The molecule has 31 heavy (non-hydrogen) atoms. The smallest absolute Gasteiger partial charge is 0.248 e. The number of halogens is 2. The Morgan fingerprint density at radius 3 is 2.81 bits per heavy atom. The summed E-state index contributed by atoms with van der Waals surface area (Å²) in [4.78, 5) is 20.6. The zero-order valence-electron chi connectivity index (χ0n) is 16.5. The SMILES string of the molecule is Cc1cc(-c2noc(CCC(=O)Nc3ncn(Cc4ccc(Br)cc4)n3)n2)ccc1F. The molecule has 4 aromatic rings. The highest BCUT2D eigenvalue weighted by Crippen LogP contribution is 2.19. The molecular formula is C21H18BrFN6O2. The highest BCUT2D eigenvalue weighted by Gasteiger charge is 2.13. The van der Waals surface area contributed by atoms with Crippen molar-refractivity contribution in [2.75, 3.05) is 5.32 Å². The van der Waals surface area contributed by atoms with Gasteiger partial charge in [0.1, 0.15) is 12.1 Å². The lowest BCUT2D eigenvalue weighted by molar-refractivity contribution is -0.116. The van der Waals surface area contributed by atoms with Gasteiger partial charge >= 0.3 is 0 Å². The van der Waals surface area contributed by atoms with Gasteiger partial charge in [0.15, 0.2) is 0 Å². The number of anilines is 1. The minimum absolute atomic E-state index is 0.130. The number of carbonyl (C=O) groups is 1. The molecule has 2 heterocycles. The van der Waals surface area contributed by atoms with Gasteiger partial charge in [0.2, 0.25) is 23.6 Å². The van der Waals surface area contributed by atoms with Crippen LogP contribution in [-0.4, -0.2) is 30.8 Å². The number of rotatable bonds is 7. The lowest BCUT2D eigenvalue weighted by Crippen LogP contribution is -2.14. The van der Waals surface area contributed by atoms with Crippen LogP contribution in [-0.2, 0) is 17.8 Å². The average molecular weight is 485 g/mol. The normalized spacial score (nSPS) is 10.9. The Labute approximate surface area is 185 Å². The van der Waals surface area contributed by atoms with Crippen molar-refractivity contribution in [1.82, 2.24) is 24.9 Å². The van der Waals surface area contributed by atoms with Gasteiger partial charge in [-0.2, -0.15) is 4.98 Å². The number of hydrogen-bond acceptors (Lipinski definition) is 6. The molecule has 0 fully saturated rings. The summed E-state index contributed by atoms with van der Waals surface area (Å²) >= 11 is 3.40. The number of amides is 1. The number of aromatic nitrogens is 5. The summed E-state index contributed by atoms with van der Waals surface area (Å²) in [6.45, 7) is 2.21. The molecule has 4 rings (SSSR count). The number of benzene rings is 2. The highest BCUT2D eigenvalue weighted by atomic mass is 79.9. The monoisotopic (exact) mass is 484 g/mol. The van der Waals surface area contributed by atoms with Crippen LogP contribution in [0.3, 0.4) is 0 Å². The van der Waals surface area contributed by atoms with Crippen molar-refractivity contribution in [3.8, 4) is 11.4 Å². The molecule has 0 aliphatic rings. The summed E-state index contributed by atoms with van der Waals surface area (Å²) in [7, 11) is 0. The van der Waals surface area contributed by atoms with Gasteiger partial charge in [0.05, 0.1) is 6.54 Å². The fourth-order valence-electron chi connectivity index (χ4n) is 2.87. The van der Waals surface area contributed by atoms with Crippen molar-refractivity contribution in [1.29, 1.82) is 0 Å². The van der Waals surface area contributed by atoms with Crippen LogP contribution in [0.1, 0.15) is 23.4 Å². The van der Waals surface area contributed by atoms with E-state index in [4.69, 9.17) is 4.52 Å². The van der Waals surface area contributed by atoms with Crippen molar-refractivity contribution < 1.29 is 13.7 Å². The quantitative estimate of drug-likeness (QED) is 0.422. The predicted molar refractivity (Wildman–Crippen MR) is 115 cm³/mol. The summed E-state index contributed by atoms with van der Waals surface area (Å²) < 4.78 is 21.3. The maximum atomic E-state index is 13.4. The molecule has 0 aliphatic heterocycles. The Balaban J connectivity index is 1.30. The third-order valence-electron chi connectivity index (χ3n) is 4.50. The van der Waals surface area contributed by atoms with E-state index < -0.39 is 0 Å². The van der Waals surface area contributed by atoms with E-state index in [1.54, 1.807) is 30.1 Å². The molecule has 0 radical (unpaired) electrons. The van der Waals surface area contributed by atoms with E-state index in [1.165, 1.54) is 6.07 Å². The Kier molecular flexibility index (Phi) is 6.17. The molecule has 1 amide bonds. The molecule has 0 atom stereocenters. The fraction of sp³-hybridized carbons (Fsp3) is 0.190. The lowest BCUT2D eigenvalue weighted by Gasteiger charge is -2.01. The van der Waals surface area contributed by atoms with E-state index in [2.05, 4.69) is 41.5 Å². The number of hydrogen-bond donors (Lipinski definition) is 1. The first-order valence-corrected chi connectivity index (χ1v) is 10.3. The third-order valence-corrected chi connectivity index (χ3v) is 5.02. The van der Waals surface area contributed by atoms with Crippen LogP contribution in [0.25, 0.3) is 11.4 Å². The summed E-state index contributed by atoms with van der Waals surface area (Å²) in [6, 6.07) is 12.5. The van der Waals surface area contributed by atoms with E-state index in [-0.39, 0.29) is 30.5 Å². The van der Waals surface area contributed by atoms with Crippen LogP contribution in [0, 0.1) is 12.7 Å². The number of nitrogens with one attached hydrogen (secondary N) is 1. The Bertz CT molecular complexity index is 1200. The Morgan fingerprint density at radius 1 is 1.23 bits per heavy atom. The first-order valence-electron chi connectivity index (χ1n) is 9.49. The first kappa shape index (κ1) is 20.9. The second-order valence-electron chi connectivity index (χ2n) is 6.92. The van der Waals surface area contributed by atoms with Gasteiger partial charge < -0.3 is 4.52 Å². The van der Waals surface area contributed by atoms with E-state index in [0.29, 0.717) is 29.4 Å². The zero-order valence-corrected chi connectivity index (χ0v) is 18.1. The third kappa shape index (κ3) is 5.40. The lowest BCUT2D eigenvalue weighted by atomic mass is 10.1. The van der Waals surface area contributed by atoms with Gasteiger partial charge in [-0.25, -0.2) is 14.1 Å². The van der Waals surface area contributed by atoms with Crippen LogP contribution in [0.2, 0.25) is 0 Å². The molecular weight excluding hydrogens is 467 g/mol. The van der Waals surface area contributed by atoms with Gasteiger partial charge in [0.25, 0.3) is 0 Å². The van der Waals surface area contributed by atoms with Crippen molar-refractivity contribution >= 4 is 27.8 Å². The van der Waals surface area contributed by atoms with Gasteiger partial charge in [0, 0.05) is 22.9 Å². The van der Waals surface area contributed by atoms with Crippen molar-refractivity contribution in [3.05, 3.63) is 76.1 Å². The minimum Gasteiger partial charge on any atom is -0.339 e. The molecule has 10 heteroatoms. The molecule has 0 saturated heterocycles. The molecule has 0 spiro atoms. The van der Waals surface area contributed by atoms with Crippen LogP contribution in [0.4, 0.5) is 10.3 Å². The van der Waals surface area contributed by atoms with Crippen molar-refractivity contribution in [2.45, 2.75) is 26.3 Å². The summed E-state index contributed by atoms with van der Waals surface area (Å²) in [6.07, 6.45) is 1.95. The number of carbonyl (C=O) groups excluding carboxylic acids is 1. The molecule has 0 unspecified atom stereocenters. The van der Waals surface area contributed by atoms with Crippen LogP contribution >= 0.6 is 15.9 Å². The molecule has 158 valence electrons. The summed E-state index contributed by atoms with van der Waals surface area (Å²) in [5, 5.41) is 10.8. The maximum Gasteiger partial charge on any atom is 0.248 e. The second kappa shape index (κ2) is 9.17. The zero-order chi connectivity index (χ0) is 21.8. The van der Waals surface area contributed by atoms with Crippen molar-refractivity contribution in [3.63, 3.8) is 0 Å². The highest BCUT2D eigenvalue weighted by molar-refractivity contribution is 9.10. The standard InChI is InChI=1S/C21H18BrFN6O2/c1-13-10-15(4-7-17(13)23)20-26-19(31-28-20)9-8-18(30)25-21-24-12-29(27-21)11-14-2-5-16(22)6-3-14/h2-7,10,12H,8-9,11H2,1H3,(H,25,27,30). The molecule has 8 nitrogen and oxygen atoms in total. The number of aryl methyl sites for hydroxylation is 2. The molecule has 0 bridgehead atoms. The van der Waals surface area contributed by atoms with Gasteiger partial charge in [-0.3, -0.25) is 10.1 Å². The first-order chi connectivity index (χ1) is 15.0. The van der Waals surface area contributed by atoms with Crippen LogP contribution in [0.5, 0.6) is 0 Å². The molecule has 2 aromatic carbocycles. The molecule has 1 N–H and O–H groups in total. The minimum atomic E-state index is -0.294. The van der Waals surface area contributed by atoms with Crippen molar-refractivity contribution in [2.24, 2.45) is 0 Å². The predicted octanol–water partition coefficient (Wildman–Crippen LogP) is 4.16. The fourth-order valence-corrected chi connectivity index (χ4v) is 3.13. The Hall–Kier alpha value is -3.40. The Morgan fingerprint density at radius 2 is 2.03 bits per heavy atom. The largest absolute Gasteiger partial charge is 0.339 e. The summed E-state index contributed by atoms with van der Waals surface area (Å²) in [5.41, 5.74) is 2.21. The van der Waals surface area contributed by atoms with Gasteiger partial charge in [-0.1, -0.05) is 33.2 Å². The second-order valence-corrected chi connectivity index (χ2v) is 7.83. The molecule has 0 aliphatic carbocycles. The van der Waals surface area contributed by atoms with Crippen LogP contribution < -0.4 is 5.32 Å². The number of nitrogens with zero attached hydrogens (tertiary/aromatic N) is 5.